The van der Waals surface area contributed by atoms with Gasteiger partial charge in [-0.05, 0) is 30.7 Å². The van der Waals surface area contributed by atoms with Gasteiger partial charge in [-0.1, -0.05) is 34.8 Å². The van der Waals surface area contributed by atoms with Crippen LogP contribution in [0.4, 0.5) is 0 Å². The number of aryl methyl sites for hydroxylation is 1. The molecule has 1 N–H and O–H groups in total. The van der Waals surface area contributed by atoms with E-state index < -0.39 is 5.97 Å². The Balaban J connectivity index is 2.06. The molecular weight excluding hydrogens is 401 g/mol. The first-order valence-electron chi connectivity index (χ1n) is 7.38. The lowest BCUT2D eigenvalue weighted by atomic mass is 10.2. The monoisotopic (exact) mass is 411 g/mol. The van der Waals surface area contributed by atoms with Crippen LogP contribution in [0.2, 0.25) is 15.1 Å². The first-order chi connectivity index (χ1) is 12.3. The van der Waals surface area contributed by atoms with Gasteiger partial charge in [0.05, 0.1) is 23.5 Å². The van der Waals surface area contributed by atoms with Gasteiger partial charge in [-0.2, -0.15) is 4.98 Å². The van der Waals surface area contributed by atoms with Crippen molar-refractivity contribution in [2.24, 2.45) is 0 Å². The van der Waals surface area contributed by atoms with E-state index in [4.69, 9.17) is 39.5 Å². The van der Waals surface area contributed by atoms with Gasteiger partial charge in [0.25, 0.3) is 0 Å². The van der Waals surface area contributed by atoms with Crippen LogP contribution in [0, 0.1) is 6.92 Å². The molecule has 1 aromatic carbocycles. The number of hydrogen-bond acceptors (Lipinski definition) is 4. The minimum Gasteiger partial charge on any atom is -0.477 e. The molecule has 2 aromatic heterocycles. The summed E-state index contributed by atoms with van der Waals surface area (Å²) in [6.07, 6.45) is 2.91. The van der Waals surface area contributed by atoms with Gasteiger partial charge in [0.1, 0.15) is 0 Å². The molecule has 0 atom stereocenters. The minimum atomic E-state index is -1.13. The smallest absolute Gasteiger partial charge is 0.354 e. The normalized spacial score (nSPS) is 10.8. The van der Waals surface area contributed by atoms with Gasteiger partial charge in [-0.3, -0.25) is 9.55 Å². The highest BCUT2D eigenvalue weighted by Crippen LogP contribution is 2.28. The molecule has 134 valence electrons. The summed E-state index contributed by atoms with van der Waals surface area (Å²) >= 11 is 18.1. The molecule has 0 spiro atoms. The molecule has 0 unspecified atom stereocenters. The van der Waals surface area contributed by atoms with E-state index in [2.05, 4.69) is 9.97 Å². The number of halogens is 3. The highest BCUT2D eigenvalue weighted by molar-refractivity contribution is 6.33. The van der Waals surface area contributed by atoms with Crippen molar-refractivity contribution in [1.82, 2.24) is 14.5 Å². The minimum absolute atomic E-state index is 0.00831. The number of imidazole rings is 1. The van der Waals surface area contributed by atoms with Crippen molar-refractivity contribution in [1.29, 1.82) is 0 Å². The van der Waals surface area contributed by atoms with Gasteiger partial charge < -0.3 is 9.84 Å². The van der Waals surface area contributed by atoms with E-state index in [0.717, 1.165) is 0 Å². The molecule has 6 nitrogen and oxygen atoms in total. The van der Waals surface area contributed by atoms with Crippen LogP contribution in [0.3, 0.4) is 0 Å². The third-order valence-electron chi connectivity index (χ3n) is 3.53. The molecule has 3 aromatic rings. The summed E-state index contributed by atoms with van der Waals surface area (Å²) in [6, 6.07) is 6.59. The van der Waals surface area contributed by atoms with E-state index in [-0.39, 0.29) is 18.2 Å². The van der Waals surface area contributed by atoms with Crippen LogP contribution in [0.5, 0.6) is 11.8 Å². The van der Waals surface area contributed by atoms with Crippen LogP contribution < -0.4 is 4.74 Å². The van der Waals surface area contributed by atoms with E-state index in [0.29, 0.717) is 32.1 Å². The topological polar surface area (TPSA) is 77.2 Å². The number of pyridine rings is 1. The van der Waals surface area contributed by atoms with Gasteiger partial charge in [0.15, 0.2) is 11.4 Å². The number of carboxylic acid groups (broad SMARTS) is 1. The average molecular weight is 413 g/mol. The molecule has 0 saturated carbocycles. The molecule has 0 aliphatic carbocycles. The lowest BCUT2D eigenvalue weighted by Crippen LogP contribution is -2.12. The number of rotatable bonds is 5. The van der Waals surface area contributed by atoms with E-state index in [1.165, 1.54) is 17.0 Å². The maximum Gasteiger partial charge on any atom is 0.354 e. The average Bonchev–Trinajstić information content (AvgIpc) is 2.86. The molecule has 3 rings (SSSR count). The fourth-order valence-corrected chi connectivity index (χ4v) is 2.97. The fourth-order valence-electron chi connectivity index (χ4n) is 2.43. The van der Waals surface area contributed by atoms with Crippen molar-refractivity contribution >= 4 is 40.8 Å². The quantitative estimate of drug-likeness (QED) is 0.632. The summed E-state index contributed by atoms with van der Waals surface area (Å²) < 4.78 is 7.12. The van der Waals surface area contributed by atoms with E-state index in [1.54, 1.807) is 31.2 Å². The maximum absolute atomic E-state index is 11.7. The van der Waals surface area contributed by atoms with E-state index in [9.17, 15) is 9.90 Å². The standard InChI is InChI=1S/C17H12Cl3N3O3/c1-9-15(16(24)25)23(8-10-4-11(18)2-3-14(10)20)17(22-9)26-13-5-12(19)6-21-7-13/h2-7H,8H2,1H3,(H,24,25). The lowest BCUT2D eigenvalue weighted by molar-refractivity contribution is 0.0683. The second-order valence-electron chi connectivity index (χ2n) is 5.40. The van der Waals surface area contributed by atoms with Crippen molar-refractivity contribution in [2.75, 3.05) is 0 Å². The fraction of sp³-hybridized carbons (Fsp3) is 0.118. The molecule has 0 amide bonds. The number of carboxylic acids is 1. The van der Waals surface area contributed by atoms with Gasteiger partial charge in [-0.15, -0.1) is 0 Å². The van der Waals surface area contributed by atoms with Crippen LogP contribution in [0.25, 0.3) is 0 Å². The Hall–Kier alpha value is -2.28. The second-order valence-corrected chi connectivity index (χ2v) is 6.68. The number of nitrogens with zero attached hydrogens (tertiary/aromatic N) is 3. The Labute approximate surface area is 163 Å². The van der Waals surface area contributed by atoms with Crippen molar-refractivity contribution in [3.63, 3.8) is 0 Å². The Kier molecular flexibility index (Phi) is 5.36. The summed E-state index contributed by atoms with van der Waals surface area (Å²) in [6.45, 7) is 1.70. The van der Waals surface area contributed by atoms with Gasteiger partial charge in [-0.25, -0.2) is 4.79 Å². The SMILES string of the molecule is Cc1nc(Oc2cncc(Cl)c2)n(Cc2cc(Cl)ccc2Cl)c1C(=O)O. The summed E-state index contributed by atoms with van der Waals surface area (Å²) in [5, 5.41) is 10.9. The van der Waals surface area contributed by atoms with Crippen molar-refractivity contribution < 1.29 is 14.6 Å². The van der Waals surface area contributed by atoms with Crippen molar-refractivity contribution in [3.8, 4) is 11.8 Å². The van der Waals surface area contributed by atoms with Crippen LogP contribution in [0.15, 0.2) is 36.7 Å². The maximum atomic E-state index is 11.7. The molecule has 2 heterocycles. The van der Waals surface area contributed by atoms with Gasteiger partial charge in [0.2, 0.25) is 0 Å². The predicted molar refractivity (Wildman–Crippen MR) is 98.8 cm³/mol. The van der Waals surface area contributed by atoms with Gasteiger partial charge >= 0.3 is 12.0 Å². The van der Waals surface area contributed by atoms with E-state index >= 15 is 0 Å². The second kappa shape index (κ2) is 7.53. The van der Waals surface area contributed by atoms with Crippen LogP contribution in [0.1, 0.15) is 21.7 Å². The Bertz CT molecular complexity index is 989. The first-order valence-corrected chi connectivity index (χ1v) is 8.51. The summed E-state index contributed by atoms with van der Waals surface area (Å²) in [4.78, 5) is 19.8. The number of carbonyl (C=O) groups is 1. The van der Waals surface area contributed by atoms with Gasteiger partial charge in [0, 0.05) is 22.3 Å². The Morgan fingerprint density at radius 2 is 1.96 bits per heavy atom. The molecule has 0 radical (unpaired) electrons. The van der Waals surface area contributed by atoms with Crippen molar-refractivity contribution in [3.05, 3.63) is 68.7 Å². The molecule has 0 fully saturated rings. The van der Waals surface area contributed by atoms with Crippen molar-refractivity contribution in [2.45, 2.75) is 13.5 Å². The molecule has 0 aliphatic rings. The predicted octanol–water partition coefficient (Wildman–Crippen LogP) is 5.09. The molecule has 0 saturated heterocycles. The zero-order valence-electron chi connectivity index (χ0n) is 13.4. The zero-order chi connectivity index (χ0) is 18.8. The number of aromatic carboxylic acids is 1. The third-order valence-corrected chi connectivity index (χ3v) is 4.35. The Morgan fingerprint density at radius 1 is 1.19 bits per heavy atom. The first kappa shape index (κ1) is 18.5. The van der Waals surface area contributed by atoms with Crippen LogP contribution in [-0.2, 0) is 6.54 Å². The number of ether oxygens (including phenoxy) is 1. The molecule has 0 bridgehead atoms. The van der Waals surface area contributed by atoms with E-state index in [1.807, 2.05) is 0 Å². The molecule has 9 heteroatoms. The summed E-state index contributed by atoms with van der Waals surface area (Å²) in [5.74, 6) is -0.801. The highest BCUT2D eigenvalue weighted by Gasteiger charge is 2.22. The number of benzene rings is 1. The zero-order valence-corrected chi connectivity index (χ0v) is 15.7. The lowest BCUT2D eigenvalue weighted by Gasteiger charge is -2.12. The summed E-state index contributed by atoms with van der Waals surface area (Å²) in [5.41, 5.74) is 0.930. The molecule has 26 heavy (non-hydrogen) atoms. The highest BCUT2D eigenvalue weighted by atomic mass is 35.5. The van der Waals surface area contributed by atoms with Crippen LogP contribution in [-0.4, -0.2) is 25.6 Å². The Morgan fingerprint density at radius 3 is 2.65 bits per heavy atom. The number of aromatic nitrogens is 3. The van der Waals surface area contributed by atoms with Crippen LogP contribution >= 0.6 is 34.8 Å². The third kappa shape index (κ3) is 3.93. The largest absolute Gasteiger partial charge is 0.477 e. The summed E-state index contributed by atoms with van der Waals surface area (Å²) in [7, 11) is 0. The molecule has 0 aliphatic heterocycles. The molecular formula is C17H12Cl3N3O3. The number of hydrogen-bond donors (Lipinski definition) is 1.